The minimum absolute atomic E-state index is 0.0347. The minimum Gasteiger partial charge on any atom is -0.398 e. The molecular formula is C13H20ClN3O2S. The van der Waals surface area contributed by atoms with Crippen LogP contribution in [0.25, 0.3) is 0 Å². The van der Waals surface area contributed by atoms with Crippen LogP contribution in [0.3, 0.4) is 0 Å². The van der Waals surface area contributed by atoms with Gasteiger partial charge in [0.05, 0.1) is 15.6 Å². The molecule has 20 heavy (non-hydrogen) atoms. The first kappa shape index (κ1) is 15.6. The van der Waals surface area contributed by atoms with Gasteiger partial charge in [0.15, 0.2) is 0 Å². The van der Waals surface area contributed by atoms with E-state index in [-0.39, 0.29) is 16.0 Å². The van der Waals surface area contributed by atoms with E-state index in [9.17, 15) is 8.42 Å². The highest BCUT2D eigenvalue weighted by atomic mass is 35.5. The number of nitrogen functional groups attached to an aromatic ring is 1. The van der Waals surface area contributed by atoms with Crippen molar-refractivity contribution in [1.29, 1.82) is 0 Å². The van der Waals surface area contributed by atoms with Crippen LogP contribution in [-0.2, 0) is 10.0 Å². The average Bonchev–Trinajstić information content (AvgIpc) is 2.41. The molecule has 1 heterocycles. The maximum atomic E-state index is 12.6. The summed E-state index contributed by atoms with van der Waals surface area (Å²) in [4.78, 5) is 2.40. The summed E-state index contributed by atoms with van der Waals surface area (Å²) in [7, 11) is 0.160. The Kier molecular flexibility index (Phi) is 4.59. The Hall–Kier alpha value is -0.820. The van der Waals surface area contributed by atoms with Gasteiger partial charge in [-0.1, -0.05) is 11.6 Å². The quantitative estimate of drug-likeness (QED) is 0.861. The molecule has 0 atom stereocenters. The van der Waals surface area contributed by atoms with Crippen molar-refractivity contribution in [3.05, 3.63) is 23.2 Å². The number of benzene rings is 1. The van der Waals surface area contributed by atoms with Crippen molar-refractivity contribution in [2.75, 3.05) is 32.9 Å². The molecule has 2 N–H and O–H groups in total. The van der Waals surface area contributed by atoms with Gasteiger partial charge < -0.3 is 10.6 Å². The first-order valence-corrected chi connectivity index (χ1v) is 8.36. The molecule has 0 amide bonds. The average molecular weight is 318 g/mol. The van der Waals surface area contributed by atoms with Crippen LogP contribution in [0, 0.1) is 0 Å². The molecule has 7 heteroatoms. The number of piperidine rings is 1. The zero-order chi connectivity index (χ0) is 14.9. The van der Waals surface area contributed by atoms with E-state index in [1.165, 1.54) is 22.5 Å². The molecule has 0 aromatic heterocycles. The van der Waals surface area contributed by atoms with Crippen LogP contribution in [-0.4, -0.2) is 50.8 Å². The van der Waals surface area contributed by atoms with Gasteiger partial charge in [-0.2, -0.15) is 4.31 Å². The van der Waals surface area contributed by atoms with Gasteiger partial charge in [0.1, 0.15) is 0 Å². The summed E-state index contributed by atoms with van der Waals surface area (Å²) in [6.07, 6.45) is 1.68. The standard InChI is InChI=1S/C13H20ClN3O2S/c1-16-7-5-10(6-8-16)17(2)20(18,19)11-3-4-13(15)12(14)9-11/h3-4,9-10H,5-8,15H2,1-2H3. The van der Waals surface area contributed by atoms with Crippen LogP contribution in [0.4, 0.5) is 5.69 Å². The molecule has 0 spiro atoms. The molecule has 1 aromatic rings. The van der Waals surface area contributed by atoms with Crippen LogP contribution >= 0.6 is 11.6 Å². The van der Waals surface area contributed by atoms with Crippen LogP contribution in [0.15, 0.2) is 23.1 Å². The van der Waals surface area contributed by atoms with Crippen molar-refractivity contribution in [3.63, 3.8) is 0 Å². The second-order valence-corrected chi connectivity index (χ2v) is 7.64. The molecule has 0 radical (unpaired) electrons. The number of likely N-dealkylation sites (tertiary alicyclic amines) is 1. The predicted octanol–water partition coefficient (Wildman–Crippen LogP) is 1.64. The van der Waals surface area contributed by atoms with E-state index in [2.05, 4.69) is 4.90 Å². The Morgan fingerprint density at radius 3 is 2.50 bits per heavy atom. The van der Waals surface area contributed by atoms with Crippen LogP contribution < -0.4 is 5.73 Å². The minimum atomic E-state index is -3.52. The normalized spacial score (nSPS) is 18.6. The Morgan fingerprint density at radius 1 is 1.35 bits per heavy atom. The van der Waals surface area contributed by atoms with Gasteiger partial charge in [0.2, 0.25) is 10.0 Å². The monoisotopic (exact) mass is 317 g/mol. The van der Waals surface area contributed by atoms with E-state index in [0.29, 0.717) is 5.69 Å². The number of hydrogen-bond donors (Lipinski definition) is 1. The first-order chi connectivity index (χ1) is 9.32. The Balaban J connectivity index is 2.23. The fourth-order valence-electron chi connectivity index (χ4n) is 2.39. The summed E-state index contributed by atoms with van der Waals surface area (Å²) in [5.74, 6) is 0. The highest BCUT2D eigenvalue weighted by Gasteiger charge is 2.30. The van der Waals surface area contributed by atoms with Crippen LogP contribution in [0.1, 0.15) is 12.8 Å². The third-order valence-corrected chi connectivity index (χ3v) is 6.08. The first-order valence-electron chi connectivity index (χ1n) is 6.54. The van der Waals surface area contributed by atoms with Gasteiger partial charge in [-0.25, -0.2) is 8.42 Å². The lowest BCUT2D eigenvalue weighted by Gasteiger charge is -2.34. The summed E-state index contributed by atoms with van der Waals surface area (Å²) in [5.41, 5.74) is 6.00. The van der Waals surface area contributed by atoms with Crippen molar-refractivity contribution >= 4 is 27.3 Å². The molecule has 1 saturated heterocycles. The summed E-state index contributed by atoms with van der Waals surface area (Å²) in [6.45, 7) is 1.82. The topological polar surface area (TPSA) is 66.6 Å². The molecule has 2 rings (SSSR count). The lowest BCUT2D eigenvalue weighted by atomic mass is 10.1. The third-order valence-electron chi connectivity index (χ3n) is 3.85. The van der Waals surface area contributed by atoms with Crippen LogP contribution in [0.2, 0.25) is 5.02 Å². The maximum absolute atomic E-state index is 12.6. The van der Waals surface area contributed by atoms with Gasteiger partial charge in [0, 0.05) is 13.1 Å². The van der Waals surface area contributed by atoms with Crippen molar-refractivity contribution in [2.24, 2.45) is 0 Å². The largest absolute Gasteiger partial charge is 0.398 e. The van der Waals surface area contributed by atoms with E-state index in [4.69, 9.17) is 17.3 Å². The Bertz CT molecular complexity index is 583. The van der Waals surface area contributed by atoms with E-state index in [0.717, 1.165) is 25.9 Å². The zero-order valence-corrected chi connectivity index (χ0v) is 13.3. The van der Waals surface area contributed by atoms with Crippen LogP contribution in [0.5, 0.6) is 0 Å². The number of nitrogens with two attached hydrogens (primary N) is 1. The summed E-state index contributed by atoms with van der Waals surface area (Å²) in [6, 6.07) is 4.48. The molecule has 1 aliphatic heterocycles. The lowest BCUT2D eigenvalue weighted by Crippen LogP contribution is -2.44. The fourth-order valence-corrected chi connectivity index (χ4v) is 4.08. The van der Waals surface area contributed by atoms with Crippen molar-refractivity contribution in [1.82, 2.24) is 9.21 Å². The van der Waals surface area contributed by atoms with E-state index in [1.807, 2.05) is 7.05 Å². The number of halogens is 1. The molecule has 5 nitrogen and oxygen atoms in total. The summed E-state index contributed by atoms with van der Waals surface area (Å²) >= 11 is 5.91. The van der Waals surface area contributed by atoms with Gasteiger partial charge in [-0.05, 0) is 51.2 Å². The lowest BCUT2D eigenvalue weighted by molar-refractivity contribution is 0.197. The molecule has 1 fully saturated rings. The highest BCUT2D eigenvalue weighted by molar-refractivity contribution is 7.89. The summed E-state index contributed by atoms with van der Waals surface area (Å²) in [5, 5.41) is 0.267. The van der Waals surface area contributed by atoms with E-state index >= 15 is 0 Å². The van der Waals surface area contributed by atoms with Gasteiger partial charge >= 0.3 is 0 Å². The SMILES string of the molecule is CN1CCC(N(C)S(=O)(=O)c2ccc(N)c(Cl)c2)CC1. The van der Waals surface area contributed by atoms with E-state index < -0.39 is 10.0 Å². The molecule has 0 aliphatic carbocycles. The smallest absolute Gasteiger partial charge is 0.243 e. The second-order valence-electron chi connectivity index (χ2n) is 5.24. The second kappa shape index (κ2) is 5.89. The molecule has 0 bridgehead atoms. The maximum Gasteiger partial charge on any atom is 0.243 e. The highest BCUT2D eigenvalue weighted by Crippen LogP contribution is 2.26. The number of hydrogen-bond acceptors (Lipinski definition) is 4. The number of rotatable bonds is 3. The number of sulfonamides is 1. The molecular weight excluding hydrogens is 298 g/mol. The van der Waals surface area contributed by atoms with Crippen molar-refractivity contribution in [2.45, 2.75) is 23.8 Å². The number of nitrogens with zero attached hydrogens (tertiary/aromatic N) is 2. The van der Waals surface area contributed by atoms with Gasteiger partial charge in [-0.3, -0.25) is 0 Å². The summed E-state index contributed by atoms with van der Waals surface area (Å²) < 4.78 is 26.6. The molecule has 0 saturated carbocycles. The van der Waals surface area contributed by atoms with Crippen molar-refractivity contribution < 1.29 is 8.42 Å². The van der Waals surface area contributed by atoms with Gasteiger partial charge in [-0.15, -0.1) is 0 Å². The third kappa shape index (κ3) is 3.09. The number of anilines is 1. The van der Waals surface area contributed by atoms with Crippen molar-refractivity contribution in [3.8, 4) is 0 Å². The Labute approximate surface area is 125 Å². The van der Waals surface area contributed by atoms with E-state index in [1.54, 1.807) is 7.05 Å². The predicted molar refractivity (Wildman–Crippen MR) is 81.3 cm³/mol. The fraction of sp³-hybridized carbons (Fsp3) is 0.538. The molecule has 0 unspecified atom stereocenters. The molecule has 1 aromatic carbocycles. The molecule has 112 valence electrons. The van der Waals surface area contributed by atoms with Gasteiger partial charge in [0.25, 0.3) is 0 Å². The zero-order valence-electron chi connectivity index (χ0n) is 11.7. The Morgan fingerprint density at radius 2 is 1.95 bits per heavy atom. The molecule has 1 aliphatic rings.